The summed E-state index contributed by atoms with van der Waals surface area (Å²) in [5.41, 5.74) is 1.04. The first-order chi connectivity index (χ1) is 14.1. The summed E-state index contributed by atoms with van der Waals surface area (Å²) in [6.45, 7) is 6.51. The number of rotatable bonds is 9. The van der Waals surface area contributed by atoms with Crippen molar-refractivity contribution in [3.63, 3.8) is 0 Å². The molecule has 0 N–H and O–H groups in total. The molecule has 0 spiro atoms. The van der Waals surface area contributed by atoms with E-state index >= 15 is 0 Å². The molecule has 0 fully saturated rings. The SMILES string of the molecule is C=C[C@@H]1OC(C)=N[C@H](COc2ccc(OC)cc2)[C@@H]1OCc1ccc(OC)cc1. The van der Waals surface area contributed by atoms with Crippen LogP contribution in [0.3, 0.4) is 0 Å². The van der Waals surface area contributed by atoms with Crippen LogP contribution in [-0.4, -0.2) is 45.0 Å². The normalized spacial score (nSPS) is 20.9. The van der Waals surface area contributed by atoms with E-state index in [0.717, 1.165) is 22.8 Å². The summed E-state index contributed by atoms with van der Waals surface area (Å²) in [6.07, 6.45) is 1.14. The van der Waals surface area contributed by atoms with Gasteiger partial charge < -0.3 is 23.7 Å². The minimum atomic E-state index is -0.309. The van der Waals surface area contributed by atoms with Crippen molar-refractivity contribution in [1.29, 1.82) is 0 Å². The molecule has 29 heavy (non-hydrogen) atoms. The number of ether oxygens (including phenoxy) is 5. The van der Waals surface area contributed by atoms with Gasteiger partial charge in [0, 0.05) is 6.92 Å². The second-order valence-corrected chi connectivity index (χ2v) is 6.64. The maximum absolute atomic E-state index is 6.19. The number of hydrogen-bond donors (Lipinski definition) is 0. The third-order valence-electron chi connectivity index (χ3n) is 4.67. The van der Waals surface area contributed by atoms with Gasteiger partial charge in [-0.3, -0.25) is 0 Å². The Morgan fingerprint density at radius 2 is 1.55 bits per heavy atom. The number of methoxy groups -OCH3 is 2. The Balaban J connectivity index is 1.67. The summed E-state index contributed by atoms with van der Waals surface area (Å²) in [7, 11) is 3.28. The lowest BCUT2D eigenvalue weighted by atomic mass is 10.0. The van der Waals surface area contributed by atoms with Gasteiger partial charge in [0.05, 0.1) is 20.8 Å². The van der Waals surface area contributed by atoms with Gasteiger partial charge >= 0.3 is 0 Å². The van der Waals surface area contributed by atoms with Gasteiger partial charge in [0.1, 0.15) is 42.1 Å². The minimum Gasteiger partial charge on any atom is -0.497 e. The second-order valence-electron chi connectivity index (χ2n) is 6.64. The Labute approximate surface area is 171 Å². The Morgan fingerprint density at radius 1 is 0.966 bits per heavy atom. The van der Waals surface area contributed by atoms with E-state index in [-0.39, 0.29) is 18.2 Å². The Kier molecular flexibility index (Phi) is 7.14. The highest BCUT2D eigenvalue weighted by Crippen LogP contribution is 2.23. The van der Waals surface area contributed by atoms with Gasteiger partial charge in [-0.2, -0.15) is 0 Å². The van der Waals surface area contributed by atoms with Crippen LogP contribution in [0.2, 0.25) is 0 Å². The molecule has 0 saturated carbocycles. The van der Waals surface area contributed by atoms with E-state index in [1.54, 1.807) is 20.3 Å². The molecule has 1 aliphatic heterocycles. The molecule has 6 nitrogen and oxygen atoms in total. The van der Waals surface area contributed by atoms with Crippen molar-refractivity contribution < 1.29 is 23.7 Å². The van der Waals surface area contributed by atoms with Crippen molar-refractivity contribution in [2.24, 2.45) is 4.99 Å². The van der Waals surface area contributed by atoms with Crippen LogP contribution < -0.4 is 14.2 Å². The van der Waals surface area contributed by atoms with E-state index in [1.165, 1.54) is 0 Å². The standard InChI is InChI=1S/C23H27NO5/c1-5-22-23(28-14-17-6-8-18(25-3)9-7-17)21(24-16(2)29-22)15-27-20-12-10-19(26-4)11-13-20/h5-13,21-23H,1,14-15H2,2-4H3/t21-,22+,23+/m1/s1. The molecule has 2 aromatic carbocycles. The highest BCUT2D eigenvalue weighted by atomic mass is 16.6. The van der Waals surface area contributed by atoms with Crippen LogP contribution >= 0.6 is 0 Å². The lowest BCUT2D eigenvalue weighted by Gasteiger charge is -2.34. The maximum Gasteiger partial charge on any atom is 0.181 e. The van der Waals surface area contributed by atoms with Gasteiger partial charge in [0.2, 0.25) is 0 Å². The molecule has 2 aromatic rings. The molecule has 1 aliphatic rings. The van der Waals surface area contributed by atoms with Crippen molar-refractivity contribution in [2.75, 3.05) is 20.8 Å². The molecule has 0 amide bonds. The van der Waals surface area contributed by atoms with Gasteiger partial charge in [0.15, 0.2) is 5.90 Å². The lowest BCUT2D eigenvalue weighted by Crippen LogP contribution is -2.46. The molecule has 0 radical (unpaired) electrons. The first-order valence-electron chi connectivity index (χ1n) is 9.48. The summed E-state index contributed by atoms with van der Waals surface area (Å²) in [6, 6.07) is 15.0. The number of benzene rings is 2. The zero-order valence-corrected chi connectivity index (χ0v) is 17.0. The number of aliphatic imine (C=N–C) groups is 1. The van der Waals surface area contributed by atoms with Crippen molar-refractivity contribution in [3.8, 4) is 17.2 Å². The van der Waals surface area contributed by atoms with E-state index in [2.05, 4.69) is 11.6 Å². The zero-order chi connectivity index (χ0) is 20.6. The number of nitrogens with zero attached hydrogens (tertiary/aromatic N) is 1. The summed E-state index contributed by atoms with van der Waals surface area (Å²) >= 11 is 0. The molecule has 3 rings (SSSR count). The van der Waals surface area contributed by atoms with Crippen molar-refractivity contribution in [2.45, 2.75) is 31.8 Å². The van der Waals surface area contributed by atoms with Crippen LogP contribution in [0.15, 0.2) is 66.2 Å². The Hall–Kier alpha value is -2.99. The van der Waals surface area contributed by atoms with E-state index in [0.29, 0.717) is 19.1 Å². The monoisotopic (exact) mass is 397 g/mol. The van der Waals surface area contributed by atoms with Crippen LogP contribution in [0.1, 0.15) is 12.5 Å². The van der Waals surface area contributed by atoms with Crippen LogP contribution in [0.5, 0.6) is 17.2 Å². The van der Waals surface area contributed by atoms with Crippen LogP contribution in [0, 0.1) is 0 Å². The van der Waals surface area contributed by atoms with E-state index < -0.39 is 0 Å². The van der Waals surface area contributed by atoms with Crippen molar-refractivity contribution in [3.05, 3.63) is 66.7 Å². The van der Waals surface area contributed by atoms with Crippen molar-refractivity contribution in [1.82, 2.24) is 0 Å². The van der Waals surface area contributed by atoms with Crippen LogP contribution in [0.4, 0.5) is 0 Å². The topological polar surface area (TPSA) is 58.5 Å². The van der Waals surface area contributed by atoms with E-state index in [4.69, 9.17) is 23.7 Å². The van der Waals surface area contributed by atoms with Crippen molar-refractivity contribution >= 4 is 5.90 Å². The second kappa shape index (κ2) is 9.98. The van der Waals surface area contributed by atoms with E-state index in [9.17, 15) is 0 Å². The summed E-state index contributed by atoms with van der Waals surface area (Å²) in [5.74, 6) is 2.94. The maximum atomic E-state index is 6.19. The molecule has 0 unspecified atom stereocenters. The Bertz CT molecular complexity index is 816. The van der Waals surface area contributed by atoms with E-state index in [1.807, 2.05) is 55.5 Å². The average molecular weight is 397 g/mol. The fourth-order valence-corrected chi connectivity index (χ4v) is 3.11. The minimum absolute atomic E-state index is 0.216. The third-order valence-corrected chi connectivity index (χ3v) is 4.67. The molecule has 0 bridgehead atoms. The molecular formula is C23H27NO5. The fraction of sp³-hybridized carbons (Fsp3) is 0.348. The van der Waals surface area contributed by atoms with Crippen LogP contribution in [-0.2, 0) is 16.1 Å². The molecule has 0 aromatic heterocycles. The molecule has 3 atom stereocenters. The molecule has 6 heteroatoms. The van der Waals surface area contributed by atoms with Gasteiger partial charge in [-0.1, -0.05) is 18.7 Å². The quantitative estimate of drug-likeness (QED) is 0.598. The zero-order valence-electron chi connectivity index (χ0n) is 17.0. The predicted octanol–water partition coefficient (Wildman–Crippen LogP) is 4.04. The largest absolute Gasteiger partial charge is 0.497 e. The van der Waals surface area contributed by atoms with Gasteiger partial charge in [-0.05, 0) is 48.0 Å². The van der Waals surface area contributed by atoms with Gasteiger partial charge in [-0.25, -0.2) is 4.99 Å². The van der Waals surface area contributed by atoms with Crippen LogP contribution in [0.25, 0.3) is 0 Å². The molecule has 0 aliphatic carbocycles. The highest BCUT2D eigenvalue weighted by molar-refractivity contribution is 5.74. The summed E-state index contributed by atoms with van der Waals surface area (Å²) in [5, 5.41) is 0. The average Bonchev–Trinajstić information content (AvgIpc) is 2.77. The summed E-state index contributed by atoms with van der Waals surface area (Å²) < 4.78 is 28.3. The molecule has 1 heterocycles. The van der Waals surface area contributed by atoms with Gasteiger partial charge in [-0.15, -0.1) is 0 Å². The smallest absolute Gasteiger partial charge is 0.181 e. The summed E-state index contributed by atoms with van der Waals surface area (Å²) in [4.78, 5) is 4.60. The fourth-order valence-electron chi connectivity index (χ4n) is 3.11. The number of hydrogen-bond acceptors (Lipinski definition) is 6. The highest BCUT2D eigenvalue weighted by Gasteiger charge is 2.35. The first kappa shape index (κ1) is 20.7. The van der Waals surface area contributed by atoms with Gasteiger partial charge in [0.25, 0.3) is 0 Å². The Morgan fingerprint density at radius 3 is 2.14 bits per heavy atom. The predicted molar refractivity (Wildman–Crippen MR) is 112 cm³/mol. The molecule has 154 valence electrons. The molecule has 0 saturated heterocycles. The molecular weight excluding hydrogens is 370 g/mol. The lowest BCUT2D eigenvalue weighted by molar-refractivity contribution is -0.0525. The first-order valence-corrected chi connectivity index (χ1v) is 9.48. The third kappa shape index (κ3) is 5.51.